The Labute approximate surface area is 286 Å². The van der Waals surface area contributed by atoms with Gasteiger partial charge in [0.05, 0.1) is 12.2 Å². The quantitative estimate of drug-likeness (QED) is 0.0535. The Kier molecular flexibility index (Phi) is 43.7. The summed E-state index contributed by atoms with van der Waals surface area (Å²) in [5.74, 6) is -1.93. The van der Waals surface area contributed by atoms with E-state index in [-0.39, 0.29) is 52.3 Å². The molecule has 0 aliphatic rings. The van der Waals surface area contributed by atoms with E-state index in [1.807, 2.05) is 0 Å². The number of unbranched alkanes of at least 4 members (excludes halogenated alkanes) is 20. The molecule has 254 valence electrons. The molecule has 7 heteroatoms. The van der Waals surface area contributed by atoms with Gasteiger partial charge in [-0.1, -0.05) is 155 Å². The average molecular weight is 806 g/mol. The monoisotopic (exact) mass is 806 g/mol. The number of rotatable bonds is 32. The van der Waals surface area contributed by atoms with Crippen LogP contribution in [0, 0.1) is 0 Å². The zero-order chi connectivity index (χ0) is 31.5. The predicted octanol–water partition coefficient (Wildman–Crippen LogP) is 7.56. The molecule has 0 bridgehead atoms. The van der Waals surface area contributed by atoms with Gasteiger partial charge in [-0.3, -0.25) is 0 Å². The molecule has 0 saturated heterocycles. The molecule has 0 aromatic carbocycles. The van der Waals surface area contributed by atoms with Gasteiger partial charge in [0.15, 0.2) is 0 Å². The minimum Gasteiger partial charge on any atom is -0.550 e. The van der Waals surface area contributed by atoms with Crippen molar-refractivity contribution in [1.82, 2.24) is 0 Å². The van der Waals surface area contributed by atoms with Crippen LogP contribution < -0.4 is 10.2 Å². The molecule has 0 aliphatic carbocycles. The van der Waals surface area contributed by atoms with Crippen LogP contribution in [0.2, 0.25) is 0 Å². The van der Waals surface area contributed by atoms with E-state index in [1.165, 1.54) is 103 Å². The number of aliphatic hydroxyl groups is 2. The molecule has 0 aromatic heterocycles. The Bertz CT molecular complexity index is 512. The van der Waals surface area contributed by atoms with Gasteiger partial charge >= 0.3 is 27.3 Å². The number of aliphatic carboxylic acids is 2. The van der Waals surface area contributed by atoms with E-state index in [1.54, 1.807) is 0 Å². The van der Waals surface area contributed by atoms with E-state index in [4.69, 9.17) is 0 Å². The van der Waals surface area contributed by atoms with Crippen molar-refractivity contribution in [3.63, 3.8) is 0 Å². The second-order valence-corrected chi connectivity index (χ2v) is 12.5. The normalized spacial score (nSPS) is 12.2. The maximum atomic E-state index is 10.2. The zero-order valence-corrected chi connectivity index (χ0v) is 32.3. The van der Waals surface area contributed by atoms with Crippen molar-refractivity contribution >= 4 is 39.2 Å². The van der Waals surface area contributed by atoms with Crippen LogP contribution in [0.5, 0.6) is 0 Å². The van der Waals surface area contributed by atoms with Crippen LogP contribution in [0.25, 0.3) is 0 Å². The molecule has 0 fully saturated rings. The maximum absolute atomic E-state index is 10.2. The molecule has 0 aromatic rings. The molecule has 0 spiro atoms. The third kappa shape index (κ3) is 46.3. The van der Waals surface area contributed by atoms with Crippen LogP contribution >= 0.6 is 0 Å². The van der Waals surface area contributed by atoms with Crippen molar-refractivity contribution in [3.05, 3.63) is 0 Å². The van der Waals surface area contributed by atoms with Gasteiger partial charge in [-0.25, -0.2) is 0 Å². The van der Waals surface area contributed by atoms with Crippen LogP contribution in [0.1, 0.15) is 206 Å². The second kappa shape index (κ2) is 39.8. The molecular weight excluding hydrogens is 736 g/mol. The smallest absolute Gasteiger partial charge is 0.550 e. The Morgan fingerprint density at radius 1 is 0.419 bits per heavy atom. The minimum absolute atomic E-state index is 0. The zero-order valence-electron chi connectivity index (χ0n) is 28.4. The van der Waals surface area contributed by atoms with Gasteiger partial charge in [-0.05, 0) is 51.4 Å². The third-order valence-electron chi connectivity index (χ3n) is 8.12. The summed E-state index contributed by atoms with van der Waals surface area (Å²) in [6.45, 7) is 4.49. The van der Waals surface area contributed by atoms with E-state index < -0.39 is 11.9 Å². The van der Waals surface area contributed by atoms with E-state index in [0.717, 1.165) is 64.2 Å². The number of carbonyl (C=O) groups is 2. The van der Waals surface area contributed by atoms with Crippen LogP contribution in [0.15, 0.2) is 0 Å². The Hall–Kier alpha value is -0.218. The first-order chi connectivity index (χ1) is 20.3. The van der Waals surface area contributed by atoms with Crippen LogP contribution in [0.4, 0.5) is 0 Å². The molecule has 0 saturated carbocycles. The molecule has 2 atom stereocenters. The predicted molar refractivity (Wildman–Crippen MR) is 178 cm³/mol. The summed E-state index contributed by atoms with van der Waals surface area (Å²) >= 11 is 0. The number of aliphatic hydroxyl groups excluding tert-OH is 2. The first-order valence-corrected chi connectivity index (χ1v) is 18.1. The molecular formula is C36H70O6Pb. The van der Waals surface area contributed by atoms with Crippen LogP contribution in [-0.2, 0) is 9.59 Å². The van der Waals surface area contributed by atoms with E-state index in [0.29, 0.717) is 12.8 Å². The molecule has 2 N–H and O–H groups in total. The van der Waals surface area contributed by atoms with Crippen molar-refractivity contribution in [3.8, 4) is 0 Å². The second-order valence-electron chi connectivity index (χ2n) is 12.5. The number of carboxylic acid groups (broad SMARTS) is 2. The van der Waals surface area contributed by atoms with Crippen LogP contribution in [-0.4, -0.2) is 61.7 Å². The van der Waals surface area contributed by atoms with Gasteiger partial charge in [0.2, 0.25) is 0 Å². The van der Waals surface area contributed by atoms with Crippen molar-refractivity contribution in [2.75, 3.05) is 0 Å². The summed E-state index contributed by atoms with van der Waals surface area (Å²) in [6, 6.07) is 0. The van der Waals surface area contributed by atoms with Crippen molar-refractivity contribution < 1.29 is 30.0 Å². The first-order valence-electron chi connectivity index (χ1n) is 18.1. The number of hydrogen-bond acceptors (Lipinski definition) is 6. The van der Waals surface area contributed by atoms with Crippen LogP contribution in [0.3, 0.4) is 0 Å². The fraction of sp³-hybridized carbons (Fsp3) is 0.944. The summed E-state index contributed by atoms with van der Waals surface area (Å²) in [6.07, 6.45) is 31.8. The molecule has 2 radical (unpaired) electrons. The minimum atomic E-state index is -0.967. The fourth-order valence-corrected chi connectivity index (χ4v) is 5.32. The molecule has 2 unspecified atom stereocenters. The van der Waals surface area contributed by atoms with Crippen molar-refractivity contribution in [1.29, 1.82) is 0 Å². The van der Waals surface area contributed by atoms with Gasteiger partial charge in [0.25, 0.3) is 0 Å². The Balaban J connectivity index is -0.000000727. The van der Waals surface area contributed by atoms with E-state index >= 15 is 0 Å². The third-order valence-corrected chi connectivity index (χ3v) is 8.12. The number of hydrogen-bond donors (Lipinski definition) is 2. The SMILES string of the molecule is CCCCCCCCCCCC(O)CCCCCC(=O)[O-].CCCCCCCCCCCC(O)CCCCCC(=O)[O-].[Pb+2]. The van der Waals surface area contributed by atoms with Crippen molar-refractivity contribution in [2.24, 2.45) is 0 Å². The van der Waals surface area contributed by atoms with E-state index in [9.17, 15) is 30.0 Å². The molecule has 43 heavy (non-hydrogen) atoms. The summed E-state index contributed by atoms with van der Waals surface area (Å²) in [5.41, 5.74) is 0. The Morgan fingerprint density at radius 3 is 0.860 bits per heavy atom. The van der Waals surface area contributed by atoms with Gasteiger partial charge in [-0.15, -0.1) is 0 Å². The number of carbonyl (C=O) groups excluding carboxylic acids is 2. The summed E-state index contributed by atoms with van der Waals surface area (Å²) < 4.78 is 0. The fourth-order valence-electron chi connectivity index (χ4n) is 5.32. The molecule has 0 amide bonds. The van der Waals surface area contributed by atoms with Crippen molar-refractivity contribution in [2.45, 2.75) is 219 Å². The Morgan fingerprint density at radius 2 is 0.628 bits per heavy atom. The topological polar surface area (TPSA) is 121 Å². The first kappa shape index (κ1) is 47.2. The van der Waals surface area contributed by atoms with Gasteiger partial charge in [-0.2, -0.15) is 0 Å². The largest absolute Gasteiger partial charge is 2.00 e. The maximum Gasteiger partial charge on any atom is 2.00 e. The average Bonchev–Trinajstić information content (AvgIpc) is 2.95. The molecule has 6 nitrogen and oxygen atoms in total. The summed E-state index contributed by atoms with van der Waals surface area (Å²) in [4.78, 5) is 20.5. The molecule has 0 aliphatic heterocycles. The van der Waals surface area contributed by atoms with Gasteiger partial charge in [0.1, 0.15) is 0 Å². The van der Waals surface area contributed by atoms with Gasteiger partial charge < -0.3 is 30.0 Å². The molecule has 0 rings (SSSR count). The summed E-state index contributed by atoms with van der Waals surface area (Å²) in [5, 5.41) is 40.1. The van der Waals surface area contributed by atoms with E-state index in [2.05, 4.69) is 13.8 Å². The molecule has 0 heterocycles. The summed E-state index contributed by atoms with van der Waals surface area (Å²) in [7, 11) is 0. The standard InChI is InChI=1S/2C18H36O3.Pb/c2*1-2-3-4-5-6-7-8-9-11-14-17(19)15-12-10-13-16-18(20)21;/h2*17,19H,2-16H2,1H3,(H,20,21);/q;;+2/p-2. The van der Waals surface area contributed by atoms with Gasteiger partial charge in [0, 0.05) is 11.9 Å². The number of carboxylic acids is 2.